The number of hydrogen-bond donors (Lipinski definition) is 1. The van der Waals surface area contributed by atoms with Gasteiger partial charge in [0.25, 0.3) is 5.91 Å². The van der Waals surface area contributed by atoms with E-state index in [-0.39, 0.29) is 18.3 Å². The lowest BCUT2D eigenvalue weighted by atomic mass is 9.98. The Hall–Kier alpha value is -2.69. The fraction of sp³-hybridized carbons (Fsp3) is 0.176. The van der Waals surface area contributed by atoms with Crippen molar-refractivity contribution in [2.24, 2.45) is 0 Å². The normalized spacial score (nSPS) is 16.6. The molecule has 0 aliphatic carbocycles. The van der Waals surface area contributed by atoms with Gasteiger partial charge in [-0.1, -0.05) is 30.3 Å². The molecule has 1 heterocycles. The molecule has 4 nitrogen and oxygen atoms in total. The van der Waals surface area contributed by atoms with Crippen LogP contribution in [0.4, 0.5) is 4.39 Å². The number of rotatable bonds is 3. The van der Waals surface area contributed by atoms with Crippen LogP contribution in [0.5, 0.6) is 0 Å². The fourth-order valence-electron chi connectivity index (χ4n) is 2.38. The van der Waals surface area contributed by atoms with Gasteiger partial charge in [-0.05, 0) is 29.3 Å². The lowest BCUT2D eigenvalue weighted by molar-refractivity contribution is -0.130. The molecule has 2 aromatic rings. The second kappa shape index (κ2) is 5.97. The van der Waals surface area contributed by atoms with Crippen LogP contribution in [0.2, 0.25) is 0 Å². The Bertz CT molecular complexity index is 712. The molecular weight excluding hydrogens is 285 g/mol. The molecule has 0 bridgehead atoms. The molecule has 1 aliphatic heterocycles. The van der Waals surface area contributed by atoms with Crippen LogP contribution in [-0.2, 0) is 22.5 Å². The van der Waals surface area contributed by atoms with Crippen LogP contribution in [-0.4, -0.2) is 18.0 Å². The van der Waals surface area contributed by atoms with E-state index in [0.717, 1.165) is 11.1 Å². The number of fused-ring (bicyclic) bond motifs is 1. The van der Waals surface area contributed by atoms with Crippen molar-refractivity contribution in [3.05, 3.63) is 71.0 Å². The van der Waals surface area contributed by atoms with E-state index < -0.39 is 12.1 Å². The minimum atomic E-state index is -0.831. The number of carbonyl (C=O) groups excluding carboxylic acids is 2. The zero-order valence-corrected chi connectivity index (χ0v) is 11.7. The number of hydrogen-bond acceptors (Lipinski definition) is 3. The van der Waals surface area contributed by atoms with Crippen molar-refractivity contribution in [2.45, 2.75) is 19.1 Å². The van der Waals surface area contributed by atoms with E-state index in [1.165, 1.54) is 12.1 Å². The highest BCUT2D eigenvalue weighted by molar-refractivity contribution is 5.95. The molecule has 0 aromatic heterocycles. The summed E-state index contributed by atoms with van der Waals surface area (Å²) in [5.74, 6) is -1.16. The molecule has 0 spiro atoms. The second-order valence-corrected chi connectivity index (χ2v) is 5.10. The molecule has 0 radical (unpaired) electrons. The molecule has 1 aliphatic rings. The summed E-state index contributed by atoms with van der Waals surface area (Å²) in [5, 5.41) is 2.70. The van der Waals surface area contributed by atoms with E-state index in [2.05, 4.69) is 5.32 Å². The molecule has 112 valence electrons. The van der Waals surface area contributed by atoms with Crippen LogP contribution in [0.1, 0.15) is 21.5 Å². The van der Waals surface area contributed by atoms with Crippen molar-refractivity contribution in [2.75, 3.05) is 0 Å². The molecule has 1 N–H and O–H groups in total. The summed E-state index contributed by atoms with van der Waals surface area (Å²) in [6.45, 7) is 0.259. The van der Waals surface area contributed by atoms with Crippen LogP contribution >= 0.6 is 0 Å². The summed E-state index contributed by atoms with van der Waals surface area (Å²) < 4.78 is 18.0. The van der Waals surface area contributed by atoms with Crippen LogP contribution in [0, 0.1) is 5.82 Å². The molecular formula is C17H14FNO3. The van der Waals surface area contributed by atoms with Crippen LogP contribution in [0.15, 0.2) is 48.5 Å². The van der Waals surface area contributed by atoms with Gasteiger partial charge in [0.2, 0.25) is 0 Å². The molecule has 5 heteroatoms. The van der Waals surface area contributed by atoms with Gasteiger partial charge in [-0.15, -0.1) is 0 Å². The Morgan fingerprint density at radius 2 is 1.91 bits per heavy atom. The molecule has 0 saturated heterocycles. The third-order valence-electron chi connectivity index (χ3n) is 3.56. The maximum atomic E-state index is 12.8. The second-order valence-electron chi connectivity index (χ2n) is 5.10. The summed E-state index contributed by atoms with van der Waals surface area (Å²) in [7, 11) is 0. The molecule has 22 heavy (non-hydrogen) atoms. The van der Waals surface area contributed by atoms with Crippen molar-refractivity contribution in [3.63, 3.8) is 0 Å². The number of benzene rings is 2. The maximum absolute atomic E-state index is 12.8. The predicted octanol–water partition coefficient (Wildman–Crippen LogP) is 2.22. The monoisotopic (exact) mass is 299 g/mol. The SMILES string of the molecule is O=C1OC(C(=O)NCc2ccc(F)cc2)Cc2ccccc21. The van der Waals surface area contributed by atoms with E-state index in [4.69, 9.17) is 4.74 Å². The predicted molar refractivity (Wildman–Crippen MR) is 77.6 cm³/mol. The molecule has 1 unspecified atom stereocenters. The number of cyclic esters (lactones) is 1. The lowest BCUT2D eigenvalue weighted by Gasteiger charge is -2.23. The van der Waals surface area contributed by atoms with Crippen molar-refractivity contribution in [1.29, 1.82) is 0 Å². The number of ether oxygens (including phenoxy) is 1. The zero-order chi connectivity index (χ0) is 15.5. The molecule has 1 amide bonds. The minimum absolute atomic E-state index is 0.259. The number of nitrogens with one attached hydrogen (secondary N) is 1. The third kappa shape index (κ3) is 2.98. The van der Waals surface area contributed by atoms with Gasteiger partial charge in [0.15, 0.2) is 6.10 Å². The summed E-state index contributed by atoms with van der Waals surface area (Å²) in [6, 6.07) is 12.9. The van der Waals surface area contributed by atoms with Crippen molar-refractivity contribution in [1.82, 2.24) is 5.32 Å². The Labute approximate surface area is 126 Å². The average Bonchev–Trinajstić information content (AvgIpc) is 2.54. The quantitative estimate of drug-likeness (QED) is 0.884. The van der Waals surface area contributed by atoms with Gasteiger partial charge in [-0.25, -0.2) is 9.18 Å². The van der Waals surface area contributed by atoms with Gasteiger partial charge < -0.3 is 10.1 Å². The van der Waals surface area contributed by atoms with Gasteiger partial charge in [-0.2, -0.15) is 0 Å². The Morgan fingerprint density at radius 1 is 1.18 bits per heavy atom. The summed E-state index contributed by atoms with van der Waals surface area (Å²) in [5.41, 5.74) is 2.09. The van der Waals surface area contributed by atoms with Gasteiger partial charge in [0.1, 0.15) is 5.82 Å². The van der Waals surface area contributed by atoms with Crippen LogP contribution in [0.25, 0.3) is 0 Å². The zero-order valence-electron chi connectivity index (χ0n) is 11.7. The molecule has 0 saturated carbocycles. The van der Waals surface area contributed by atoms with E-state index in [1.54, 1.807) is 24.3 Å². The summed E-state index contributed by atoms with van der Waals surface area (Å²) >= 11 is 0. The smallest absolute Gasteiger partial charge is 0.339 e. The summed E-state index contributed by atoms with van der Waals surface area (Å²) in [6.07, 6.45) is -0.472. The highest BCUT2D eigenvalue weighted by Crippen LogP contribution is 2.20. The van der Waals surface area contributed by atoms with E-state index in [9.17, 15) is 14.0 Å². The van der Waals surface area contributed by atoms with E-state index in [1.807, 2.05) is 12.1 Å². The van der Waals surface area contributed by atoms with Crippen molar-refractivity contribution in [3.8, 4) is 0 Å². The average molecular weight is 299 g/mol. The number of esters is 1. The van der Waals surface area contributed by atoms with Crippen LogP contribution in [0.3, 0.4) is 0 Å². The first-order valence-electron chi connectivity index (χ1n) is 6.94. The maximum Gasteiger partial charge on any atom is 0.339 e. The third-order valence-corrected chi connectivity index (χ3v) is 3.56. The Balaban J connectivity index is 1.64. The summed E-state index contributed by atoms with van der Waals surface area (Å²) in [4.78, 5) is 24.0. The fourth-order valence-corrected chi connectivity index (χ4v) is 2.38. The Morgan fingerprint density at radius 3 is 2.68 bits per heavy atom. The van der Waals surface area contributed by atoms with E-state index in [0.29, 0.717) is 12.0 Å². The Kier molecular flexibility index (Phi) is 3.87. The number of amides is 1. The van der Waals surface area contributed by atoms with E-state index >= 15 is 0 Å². The van der Waals surface area contributed by atoms with Crippen LogP contribution < -0.4 is 5.32 Å². The molecule has 3 rings (SSSR count). The lowest BCUT2D eigenvalue weighted by Crippen LogP contribution is -2.41. The molecule has 2 aromatic carbocycles. The topological polar surface area (TPSA) is 55.4 Å². The molecule has 1 atom stereocenters. The number of carbonyl (C=O) groups is 2. The first-order chi connectivity index (χ1) is 10.6. The van der Waals surface area contributed by atoms with Gasteiger partial charge in [0, 0.05) is 13.0 Å². The van der Waals surface area contributed by atoms with Gasteiger partial charge >= 0.3 is 5.97 Å². The van der Waals surface area contributed by atoms with Crippen molar-refractivity contribution >= 4 is 11.9 Å². The van der Waals surface area contributed by atoms with Gasteiger partial charge in [0.05, 0.1) is 5.56 Å². The largest absolute Gasteiger partial charge is 0.448 e. The number of halogens is 1. The minimum Gasteiger partial charge on any atom is -0.448 e. The first-order valence-corrected chi connectivity index (χ1v) is 6.94. The first kappa shape index (κ1) is 14.3. The standard InChI is InChI=1S/C17H14FNO3/c18-13-7-5-11(6-8-13)10-19-16(20)15-9-12-3-1-2-4-14(12)17(21)22-15/h1-8,15H,9-10H2,(H,19,20). The van der Waals surface area contributed by atoms with Crippen molar-refractivity contribution < 1.29 is 18.7 Å². The van der Waals surface area contributed by atoms with Gasteiger partial charge in [-0.3, -0.25) is 4.79 Å². The highest BCUT2D eigenvalue weighted by atomic mass is 19.1. The highest BCUT2D eigenvalue weighted by Gasteiger charge is 2.30. The molecule has 0 fully saturated rings.